The molecular formula is C14H19NO2. The van der Waals surface area contributed by atoms with Crippen molar-refractivity contribution in [2.45, 2.75) is 24.5 Å². The van der Waals surface area contributed by atoms with Gasteiger partial charge in [0.25, 0.3) is 0 Å². The molecule has 1 aromatic carbocycles. The number of aliphatic hydroxyl groups is 2. The highest BCUT2D eigenvalue weighted by Crippen LogP contribution is 2.44. The highest BCUT2D eigenvalue weighted by atomic mass is 16.3. The molecule has 3 rings (SSSR count). The van der Waals surface area contributed by atoms with Crippen LogP contribution in [0.15, 0.2) is 30.3 Å². The van der Waals surface area contributed by atoms with Gasteiger partial charge in [0, 0.05) is 19.6 Å². The normalized spacial score (nSPS) is 25.3. The molecule has 1 saturated carbocycles. The Hall–Kier alpha value is -0.900. The van der Waals surface area contributed by atoms with E-state index in [1.807, 2.05) is 30.3 Å². The molecule has 2 N–H and O–H groups in total. The van der Waals surface area contributed by atoms with Gasteiger partial charge in [-0.05, 0) is 24.3 Å². The van der Waals surface area contributed by atoms with Crippen LogP contribution < -0.4 is 0 Å². The minimum absolute atomic E-state index is 0.444. The molecule has 1 aromatic rings. The van der Waals surface area contributed by atoms with E-state index >= 15 is 0 Å². The van der Waals surface area contributed by atoms with Crippen molar-refractivity contribution in [2.24, 2.45) is 5.92 Å². The van der Waals surface area contributed by atoms with E-state index < -0.39 is 11.7 Å². The monoisotopic (exact) mass is 233 g/mol. The third kappa shape index (κ3) is 2.23. The van der Waals surface area contributed by atoms with Crippen LogP contribution in [0.2, 0.25) is 0 Å². The lowest BCUT2D eigenvalue weighted by atomic mass is 9.88. The molecule has 0 spiro atoms. The van der Waals surface area contributed by atoms with Crippen molar-refractivity contribution < 1.29 is 10.2 Å². The Labute approximate surface area is 102 Å². The fraction of sp³-hybridized carbons (Fsp3) is 0.571. The van der Waals surface area contributed by atoms with Gasteiger partial charge < -0.3 is 10.2 Å². The van der Waals surface area contributed by atoms with Gasteiger partial charge >= 0.3 is 0 Å². The maximum absolute atomic E-state index is 10.2. The van der Waals surface area contributed by atoms with Crippen LogP contribution in [0, 0.1) is 5.92 Å². The lowest BCUT2D eigenvalue weighted by Crippen LogP contribution is -2.63. The second-order valence-corrected chi connectivity index (χ2v) is 5.47. The molecule has 1 aliphatic heterocycles. The highest BCUT2D eigenvalue weighted by Gasteiger charge is 2.51. The van der Waals surface area contributed by atoms with Crippen molar-refractivity contribution >= 4 is 0 Å². The van der Waals surface area contributed by atoms with Crippen molar-refractivity contribution in [3.8, 4) is 0 Å². The molecule has 1 atom stereocenters. The first-order valence-corrected chi connectivity index (χ1v) is 6.35. The fourth-order valence-corrected chi connectivity index (χ4v) is 2.76. The van der Waals surface area contributed by atoms with Crippen LogP contribution in [0.1, 0.15) is 24.5 Å². The molecule has 3 heteroatoms. The Morgan fingerprint density at radius 3 is 2.47 bits per heavy atom. The summed E-state index contributed by atoms with van der Waals surface area (Å²) in [4.78, 5) is 2.13. The number of aliphatic hydroxyl groups excluding tert-OH is 1. The molecule has 1 saturated heterocycles. The van der Waals surface area contributed by atoms with Gasteiger partial charge in [0.1, 0.15) is 0 Å². The summed E-state index contributed by atoms with van der Waals surface area (Å²) < 4.78 is 0. The van der Waals surface area contributed by atoms with Gasteiger partial charge in [0.15, 0.2) is 0 Å². The lowest BCUT2D eigenvalue weighted by molar-refractivity contribution is -0.122. The average molecular weight is 233 g/mol. The van der Waals surface area contributed by atoms with Crippen molar-refractivity contribution in [3.05, 3.63) is 35.9 Å². The van der Waals surface area contributed by atoms with E-state index in [1.165, 1.54) is 12.8 Å². The minimum atomic E-state index is -0.448. The molecule has 92 valence electrons. The summed E-state index contributed by atoms with van der Waals surface area (Å²) in [6.45, 7) is 2.07. The van der Waals surface area contributed by atoms with Gasteiger partial charge in [-0.25, -0.2) is 0 Å². The van der Waals surface area contributed by atoms with Crippen LogP contribution >= 0.6 is 0 Å². The number of β-amino-alcohol motifs (C(OH)–C–C–N with tert-alkyl or cyclic N) is 2. The Balaban J connectivity index is 1.52. The zero-order valence-corrected chi connectivity index (χ0v) is 9.92. The maximum atomic E-state index is 10.2. The molecule has 0 radical (unpaired) electrons. The molecule has 1 unspecified atom stereocenters. The summed E-state index contributed by atoms with van der Waals surface area (Å²) >= 11 is 0. The summed E-state index contributed by atoms with van der Waals surface area (Å²) in [5, 5.41) is 20.2. The molecule has 17 heavy (non-hydrogen) atoms. The van der Waals surface area contributed by atoms with Crippen molar-refractivity contribution in [2.75, 3.05) is 19.6 Å². The Morgan fingerprint density at radius 2 is 1.88 bits per heavy atom. The van der Waals surface area contributed by atoms with Gasteiger partial charge in [-0.1, -0.05) is 30.3 Å². The number of hydrogen-bond donors (Lipinski definition) is 2. The van der Waals surface area contributed by atoms with E-state index in [0.29, 0.717) is 12.5 Å². The standard InChI is InChI=1S/C14H19NO2/c16-13(11-4-2-1-3-5-11)8-15-9-14(17,10-15)12-6-7-12/h1-5,12-13,16-17H,6-10H2. The summed E-state index contributed by atoms with van der Waals surface area (Å²) in [6, 6.07) is 9.71. The molecule has 3 nitrogen and oxygen atoms in total. The number of hydrogen-bond acceptors (Lipinski definition) is 3. The summed E-state index contributed by atoms with van der Waals surface area (Å²) in [7, 11) is 0. The van der Waals surface area contributed by atoms with Crippen molar-refractivity contribution in [3.63, 3.8) is 0 Å². The molecule has 0 amide bonds. The molecule has 0 bridgehead atoms. The number of nitrogens with zero attached hydrogens (tertiary/aromatic N) is 1. The van der Waals surface area contributed by atoms with E-state index in [2.05, 4.69) is 4.90 Å². The van der Waals surface area contributed by atoms with Gasteiger partial charge in [0.05, 0.1) is 11.7 Å². The summed E-state index contributed by atoms with van der Waals surface area (Å²) in [5.41, 5.74) is 0.505. The largest absolute Gasteiger partial charge is 0.387 e. The second kappa shape index (κ2) is 4.09. The topological polar surface area (TPSA) is 43.7 Å². The molecule has 2 fully saturated rings. The van der Waals surface area contributed by atoms with Gasteiger partial charge in [-0.15, -0.1) is 0 Å². The zero-order valence-electron chi connectivity index (χ0n) is 9.92. The molecule has 1 heterocycles. The lowest BCUT2D eigenvalue weighted by Gasteiger charge is -2.47. The Morgan fingerprint density at radius 1 is 1.24 bits per heavy atom. The van der Waals surface area contributed by atoms with E-state index in [4.69, 9.17) is 0 Å². The smallest absolute Gasteiger partial charge is 0.0928 e. The molecule has 2 aliphatic rings. The first-order chi connectivity index (χ1) is 8.17. The average Bonchev–Trinajstić information content (AvgIpc) is 3.12. The minimum Gasteiger partial charge on any atom is -0.387 e. The first-order valence-electron chi connectivity index (χ1n) is 6.35. The molecule has 1 aliphatic carbocycles. The zero-order chi connectivity index (χ0) is 11.9. The number of benzene rings is 1. The number of likely N-dealkylation sites (tertiary alicyclic amines) is 1. The quantitative estimate of drug-likeness (QED) is 0.820. The van der Waals surface area contributed by atoms with Crippen LogP contribution in [-0.2, 0) is 0 Å². The van der Waals surface area contributed by atoms with E-state index in [0.717, 1.165) is 18.7 Å². The summed E-state index contributed by atoms with van der Waals surface area (Å²) in [6.07, 6.45) is 1.90. The van der Waals surface area contributed by atoms with Gasteiger partial charge in [-0.3, -0.25) is 4.90 Å². The highest BCUT2D eigenvalue weighted by molar-refractivity contribution is 5.18. The van der Waals surface area contributed by atoms with Crippen LogP contribution in [0.5, 0.6) is 0 Å². The molecule has 0 aromatic heterocycles. The SMILES string of the molecule is OC(CN1CC(O)(C2CC2)C1)c1ccccc1. The van der Waals surface area contributed by atoms with Crippen LogP contribution in [0.3, 0.4) is 0 Å². The predicted molar refractivity (Wildman–Crippen MR) is 65.5 cm³/mol. The first kappa shape index (κ1) is 11.2. The third-order valence-electron chi connectivity index (χ3n) is 3.95. The fourth-order valence-electron chi connectivity index (χ4n) is 2.76. The molecular weight excluding hydrogens is 214 g/mol. The van der Waals surface area contributed by atoms with E-state index in [9.17, 15) is 10.2 Å². The third-order valence-corrected chi connectivity index (χ3v) is 3.95. The second-order valence-electron chi connectivity index (χ2n) is 5.47. The van der Waals surface area contributed by atoms with Crippen LogP contribution in [0.25, 0.3) is 0 Å². The maximum Gasteiger partial charge on any atom is 0.0928 e. The van der Waals surface area contributed by atoms with Crippen molar-refractivity contribution in [1.29, 1.82) is 0 Å². The number of rotatable bonds is 4. The Bertz CT molecular complexity index is 382. The van der Waals surface area contributed by atoms with Crippen LogP contribution in [0.4, 0.5) is 0 Å². The Kier molecular flexibility index (Phi) is 2.69. The van der Waals surface area contributed by atoms with E-state index in [-0.39, 0.29) is 0 Å². The van der Waals surface area contributed by atoms with Gasteiger partial charge in [0.2, 0.25) is 0 Å². The van der Waals surface area contributed by atoms with E-state index in [1.54, 1.807) is 0 Å². The summed E-state index contributed by atoms with van der Waals surface area (Å²) in [5.74, 6) is 0.521. The van der Waals surface area contributed by atoms with Crippen LogP contribution in [-0.4, -0.2) is 40.3 Å². The van der Waals surface area contributed by atoms with Crippen molar-refractivity contribution in [1.82, 2.24) is 4.90 Å². The van der Waals surface area contributed by atoms with Gasteiger partial charge in [-0.2, -0.15) is 0 Å². The predicted octanol–water partition coefficient (Wildman–Crippen LogP) is 1.18.